The molecular formula is C12H21NO2. The summed E-state index contributed by atoms with van der Waals surface area (Å²) >= 11 is 0. The number of hydrogen-bond donors (Lipinski definition) is 0. The average Bonchev–Trinajstić information content (AvgIpc) is 2.32. The number of nitrogens with zero attached hydrogens (tertiary/aromatic N) is 1. The molecule has 0 bridgehead atoms. The van der Waals surface area contributed by atoms with Crippen LogP contribution in [0.25, 0.3) is 0 Å². The Morgan fingerprint density at radius 1 is 0.933 bits per heavy atom. The standard InChI is InChI=1S/C12H21NO2/c14-11-15-12(7-3-1-4-8-12)13-9-5-2-6-10-13/h11H,1-10H2. The van der Waals surface area contributed by atoms with Crippen LogP contribution < -0.4 is 0 Å². The molecule has 86 valence electrons. The molecule has 2 aliphatic rings. The summed E-state index contributed by atoms with van der Waals surface area (Å²) in [6.45, 7) is 2.86. The third-order valence-electron chi connectivity index (χ3n) is 3.83. The summed E-state index contributed by atoms with van der Waals surface area (Å²) in [5.74, 6) is 0. The van der Waals surface area contributed by atoms with Crippen LogP contribution in [0.5, 0.6) is 0 Å². The van der Waals surface area contributed by atoms with Crippen molar-refractivity contribution in [2.45, 2.75) is 57.1 Å². The number of carbonyl (C=O) groups is 1. The summed E-state index contributed by atoms with van der Waals surface area (Å²) in [7, 11) is 0. The minimum Gasteiger partial charge on any atom is -0.446 e. The molecule has 0 atom stereocenters. The number of rotatable bonds is 3. The zero-order chi connectivity index (χ0) is 10.6. The lowest BCUT2D eigenvalue weighted by Gasteiger charge is -2.46. The summed E-state index contributed by atoms with van der Waals surface area (Å²) in [5, 5.41) is 0. The molecule has 2 rings (SSSR count). The van der Waals surface area contributed by atoms with Crippen LogP contribution in [0.15, 0.2) is 0 Å². The van der Waals surface area contributed by atoms with Gasteiger partial charge in [0, 0.05) is 25.9 Å². The average molecular weight is 211 g/mol. The van der Waals surface area contributed by atoms with E-state index in [-0.39, 0.29) is 5.72 Å². The van der Waals surface area contributed by atoms with E-state index >= 15 is 0 Å². The van der Waals surface area contributed by atoms with Gasteiger partial charge in [-0.05, 0) is 25.7 Å². The monoisotopic (exact) mass is 211 g/mol. The summed E-state index contributed by atoms with van der Waals surface area (Å²) in [5.41, 5.74) is -0.236. The lowest BCUT2D eigenvalue weighted by atomic mass is 9.89. The fraction of sp³-hybridized carbons (Fsp3) is 0.917. The molecule has 0 aromatic rings. The van der Waals surface area contributed by atoms with Crippen LogP contribution in [0, 0.1) is 0 Å². The van der Waals surface area contributed by atoms with E-state index in [1.54, 1.807) is 0 Å². The molecule has 0 radical (unpaired) electrons. The summed E-state index contributed by atoms with van der Waals surface area (Å²) in [6.07, 6.45) is 9.59. The van der Waals surface area contributed by atoms with Crippen LogP contribution in [0.3, 0.4) is 0 Å². The van der Waals surface area contributed by atoms with E-state index in [1.165, 1.54) is 38.5 Å². The topological polar surface area (TPSA) is 29.5 Å². The lowest BCUT2D eigenvalue weighted by molar-refractivity contribution is -0.182. The molecule has 2 fully saturated rings. The highest BCUT2D eigenvalue weighted by molar-refractivity contribution is 5.38. The zero-order valence-corrected chi connectivity index (χ0v) is 9.41. The SMILES string of the molecule is O=COC1(N2CCCCC2)CCCCC1. The molecule has 3 nitrogen and oxygen atoms in total. The molecule has 0 aromatic heterocycles. The summed E-state index contributed by atoms with van der Waals surface area (Å²) in [4.78, 5) is 13.1. The molecule has 1 saturated carbocycles. The number of hydrogen-bond acceptors (Lipinski definition) is 3. The normalized spacial score (nSPS) is 27.2. The Morgan fingerprint density at radius 3 is 2.13 bits per heavy atom. The van der Waals surface area contributed by atoms with Crippen molar-refractivity contribution in [1.29, 1.82) is 0 Å². The second-order valence-corrected chi connectivity index (χ2v) is 4.77. The van der Waals surface area contributed by atoms with E-state index in [1.807, 2.05) is 0 Å². The van der Waals surface area contributed by atoms with Crippen molar-refractivity contribution in [3.8, 4) is 0 Å². The second kappa shape index (κ2) is 4.97. The molecule has 0 amide bonds. The van der Waals surface area contributed by atoms with E-state index in [0.29, 0.717) is 6.47 Å². The van der Waals surface area contributed by atoms with Crippen LogP contribution in [-0.4, -0.2) is 30.2 Å². The van der Waals surface area contributed by atoms with Crippen molar-refractivity contribution in [3.05, 3.63) is 0 Å². The molecule has 0 unspecified atom stereocenters. The number of ether oxygens (including phenoxy) is 1. The smallest absolute Gasteiger partial charge is 0.294 e. The van der Waals surface area contributed by atoms with Gasteiger partial charge in [0.05, 0.1) is 0 Å². The maximum Gasteiger partial charge on any atom is 0.294 e. The van der Waals surface area contributed by atoms with Crippen molar-refractivity contribution in [2.24, 2.45) is 0 Å². The molecule has 1 aliphatic heterocycles. The molecule has 0 aromatic carbocycles. The largest absolute Gasteiger partial charge is 0.446 e. The Kier molecular flexibility index (Phi) is 3.62. The lowest BCUT2D eigenvalue weighted by Crippen LogP contribution is -2.53. The Balaban J connectivity index is 2.04. The van der Waals surface area contributed by atoms with Gasteiger partial charge in [-0.15, -0.1) is 0 Å². The van der Waals surface area contributed by atoms with Crippen LogP contribution in [-0.2, 0) is 9.53 Å². The number of piperidine rings is 1. The van der Waals surface area contributed by atoms with Crippen molar-refractivity contribution in [1.82, 2.24) is 4.90 Å². The van der Waals surface area contributed by atoms with Gasteiger partial charge in [-0.25, -0.2) is 0 Å². The quantitative estimate of drug-likeness (QED) is 0.671. The zero-order valence-electron chi connectivity index (χ0n) is 9.41. The van der Waals surface area contributed by atoms with Gasteiger partial charge in [-0.2, -0.15) is 0 Å². The first kappa shape index (κ1) is 10.9. The maximum atomic E-state index is 10.7. The molecule has 0 N–H and O–H groups in total. The van der Waals surface area contributed by atoms with Crippen molar-refractivity contribution in [2.75, 3.05) is 13.1 Å². The fourth-order valence-corrected chi connectivity index (χ4v) is 3.00. The van der Waals surface area contributed by atoms with Gasteiger partial charge in [-0.1, -0.05) is 12.8 Å². The Labute approximate surface area is 91.8 Å². The molecule has 3 heteroatoms. The van der Waals surface area contributed by atoms with E-state index < -0.39 is 0 Å². The summed E-state index contributed by atoms with van der Waals surface area (Å²) in [6, 6.07) is 0. The first-order valence-corrected chi connectivity index (χ1v) is 6.24. The highest BCUT2D eigenvalue weighted by Crippen LogP contribution is 2.35. The van der Waals surface area contributed by atoms with Crippen molar-refractivity contribution < 1.29 is 9.53 Å². The third kappa shape index (κ3) is 2.33. The van der Waals surface area contributed by atoms with Crippen LogP contribution >= 0.6 is 0 Å². The molecule has 15 heavy (non-hydrogen) atoms. The summed E-state index contributed by atoms with van der Waals surface area (Å²) < 4.78 is 5.46. The van der Waals surface area contributed by atoms with E-state index in [9.17, 15) is 4.79 Å². The molecule has 1 heterocycles. The van der Waals surface area contributed by atoms with Crippen LogP contribution in [0.1, 0.15) is 51.4 Å². The van der Waals surface area contributed by atoms with Gasteiger partial charge in [0.2, 0.25) is 0 Å². The molecule has 0 spiro atoms. The van der Waals surface area contributed by atoms with Gasteiger partial charge >= 0.3 is 0 Å². The van der Waals surface area contributed by atoms with E-state index in [0.717, 1.165) is 25.9 Å². The highest BCUT2D eigenvalue weighted by Gasteiger charge is 2.40. The van der Waals surface area contributed by atoms with Crippen molar-refractivity contribution >= 4 is 6.47 Å². The van der Waals surface area contributed by atoms with Crippen LogP contribution in [0.4, 0.5) is 0 Å². The van der Waals surface area contributed by atoms with E-state index in [2.05, 4.69) is 4.90 Å². The van der Waals surface area contributed by atoms with Gasteiger partial charge < -0.3 is 4.74 Å². The predicted molar refractivity (Wildman–Crippen MR) is 58.4 cm³/mol. The molecule has 1 aliphatic carbocycles. The van der Waals surface area contributed by atoms with Gasteiger partial charge in [0.15, 0.2) is 5.72 Å². The predicted octanol–water partition coefficient (Wildman–Crippen LogP) is 2.31. The Hall–Kier alpha value is -0.570. The Bertz CT molecular complexity index is 206. The first-order chi connectivity index (χ1) is 7.37. The van der Waals surface area contributed by atoms with Crippen LogP contribution in [0.2, 0.25) is 0 Å². The Morgan fingerprint density at radius 2 is 1.53 bits per heavy atom. The first-order valence-electron chi connectivity index (χ1n) is 6.24. The van der Waals surface area contributed by atoms with Gasteiger partial charge in [0.25, 0.3) is 6.47 Å². The number of carbonyl (C=O) groups excluding carboxylic acids is 1. The minimum absolute atomic E-state index is 0.236. The third-order valence-corrected chi connectivity index (χ3v) is 3.83. The minimum atomic E-state index is -0.236. The number of likely N-dealkylation sites (tertiary alicyclic amines) is 1. The maximum absolute atomic E-state index is 10.7. The van der Waals surface area contributed by atoms with Gasteiger partial charge in [-0.3, -0.25) is 9.69 Å². The molecular weight excluding hydrogens is 190 g/mol. The molecule has 1 saturated heterocycles. The van der Waals surface area contributed by atoms with Crippen molar-refractivity contribution in [3.63, 3.8) is 0 Å². The fourth-order valence-electron chi connectivity index (χ4n) is 3.00. The van der Waals surface area contributed by atoms with E-state index in [4.69, 9.17) is 4.74 Å². The van der Waals surface area contributed by atoms with Gasteiger partial charge in [0.1, 0.15) is 0 Å². The second-order valence-electron chi connectivity index (χ2n) is 4.77. The highest BCUT2D eigenvalue weighted by atomic mass is 16.6.